The van der Waals surface area contributed by atoms with Crippen LogP contribution in [0.25, 0.3) is 0 Å². The van der Waals surface area contributed by atoms with E-state index in [0.717, 1.165) is 38.9 Å². The Morgan fingerprint density at radius 1 is 0.803 bits per heavy atom. The lowest BCUT2D eigenvalue weighted by Crippen LogP contribution is -2.71. The van der Waals surface area contributed by atoms with Crippen molar-refractivity contribution in [3.05, 3.63) is 24.3 Å². The summed E-state index contributed by atoms with van der Waals surface area (Å²) in [6, 6.07) is 3.13. The Hall–Kier alpha value is -4.57. The first-order chi connectivity index (χ1) is 36.2. The Morgan fingerprint density at radius 2 is 1.46 bits per heavy atom. The maximum absolute atomic E-state index is 12.9. The highest BCUT2D eigenvalue weighted by Gasteiger charge is 2.60. The molecule has 0 aliphatic carbocycles. The number of carbonyl (C=O) groups is 6. The Bertz CT molecular complexity index is 2120. The van der Waals surface area contributed by atoms with Gasteiger partial charge in [-0.1, -0.05) is 12.8 Å². The van der Waals surface area contributed by atoms with Gasteiger partial charge >= 0.3 is 12.0 Å². The highest BCUT2D eigenvalue weighted by atomic mass is 32.2. The first kappa shape index (κ1) is 60.7. The summed E-state index contributed by atoms with van der Waals surface area (Å²) < 4.78 is 34.9. The Balaban J connectivity index is 1.00. The molecule has 5 fully saturated rings. The highest BCUT2D eigenvalue weighted by Crippen LogP contribution is 2.39. The number of carboxylic acids is 1. The third-order valence-corrected chi connectivity index (χ3v) is 15.2. The molecule has 5 heterocycles. The fourth-order valence-corrected chi connectivity index (χ4v) is 11.3. The number of aliphatic hydroxyl groups is 9. The summed E-state index contributed by atoms with van der Waals surface area (Å²) in [6.45, 7) is -0.330. The molecule has 428 valence electrons. The van der Waals surface area contributed by atoms with Gasteiger partial charge in [0.1, 0.15) is 72.8 Å². The zero-order valence-corrected chi connectivity index (χ0v) is 42.7. The van der Waals surface area contributed by atoms with Gasteiger partial charge in [-0.3, -0.25) is 19.2 Å². The fourth-order valence-electron chi connectivity index (χ4n) is 9.80. The molecule has 19 atom stereocenters. The van der Waals surface area contributed by atoms with E-state index < -0.39 is 142 Å². The van der Waals surface area contributed by atoms with Crippen molar-refractivity contribution in [2.75, 3.05) is 37.4 Å². The van der Waals surface area contributed by atoms with Gasteiger partial charge in [0, 0.05) is 56.3 Å². The minimum atomic E-state index is -3.09. The van der Waals surface area contributed by atoms with Crippen molar-refractivity contribution in [2.45, 2.75) is 187 Å². The van der Waals surface area contributed by atoms with Crippen molar-refractivity contribution < 1.29 is 108 Å². The van der Waals surface area contributed by atoms with Gasteiger partial charge in [-0.15, -0.1) is 0 Å². The number of hydrogen-bond donors (Lipinski definition) is 16. The van der Waals surface area contributed by atoms with E-state index >= 15 is 0 Å². The van der Waals surface area contributed by atoms with E-state index in [1.54, 1.807) is 0 Å². The van der Waals surface area contributed by atoms with Gasteiger partial charge in [0.2, 0.25) is 29.9 Å². The molecular formula is C47H72N6O22S. The average Bonchev–Trinajstić information content (AvgIpc) is 3.94. The summed E-state index contributed by atoms with van der Waals surface area (Å²) in [5.74, 6) is -5.79. The number of thioether (sulfide) groups is 1. The fraction of sp³-hybridized carbons (Fsp3) is 0.745. The number of unbranched alkanes of at least 4 members (excludes halogenated alkanes) is 3. The van der Waals surface area contributed by atoms with Crippen LogP contribution in [0.5, 0.6) is 5.75 Å². The number of anilines is 1. The van der Waals surface area contributed by atoms with Gasteiger partial charge in [0.15, 0.2) is 6.29 Å². The van der Waals surface area contributed by atoms with E-state index in [1.165, 1.54) is 24.3 Å². The molecular weight excluding hydrogens is 1030 g/mol. The third-order valence-electron chi connectivity index (χ3n) is 13.7. The van der Waals surface area contributed by atoms with Crippen molar-refractivity contribution in [3.63, 3.8) is 0 Å². The molecule has 28 nitrogen and oxygen atoms in total. The predicted molar refractivity (Wildman–Crippen MR) is 261 cm³/mol. The quantitative estimate of drug-likeness (QED) is 0.0306. The standard InChI is InChI=1S/C47H72N6O22S/c1-21(57)49-34-26(59)16-47(45(67)68,74-41(34)36(63)27(60)17-54)75-42-37(64)28(18-55)71-44(39(42)66)73-40-29(19-56)72-43(35(38(40)65)50-22(2)58)70-24-13-11-23(12-14-24)51-32(62)10-4-3-7-15-48-31(61)9-6-5-8-30-33-25(20-76-30)52-46(69)53-33/h11-14,25-30,33-44,54-56,59-60,63-66H,3-10,15-20H2,1-2H3,(H,48,61)(H,49,57)(H,50,58)(H,51,62)(H,67,68)(H2,52,53,69)/t25-,26-,27+,28+,29+,30-,33-,34+,35+,36+,37-,38+,39+,40+,41+,42-,43+,44-,47-/m0/s1. The molecule has 0 unspecified atom stereocenters. The normalized spacial score (nSPS) is 34.9. The molecule has 76 heavy (non-hydrogen) atoms. The van der Waals surface area contributed by atoms with E-state index in [4.69, 9.17) is 28.4 Å². The number of benzene rings is 1. The van der Waals surface area contributed by atoms with Gasteiger partial charge in [-0.25, -0.2) is 9.59 Å². The van der Waals surface area contributed by atoms with Crippen LogP contribution in [0, 0.1) is 0 Å². The van der Waals surface area contributed by atoms with Crippen molar-refractivity contribution in [1.29, 1.82) is 0 Å². The number of carboxylic acid groups (broad SMARTS) is 1. The van der Waals surface area contributed by atoms with Crippen LogP contribution in [-0.2, 0) is 47.7 Å². The maximum atomic E-state index is 12.9. The van der Waals surface area contributed by atoms with Crippen molar-refractivity contribution in [2.24, 2.45) is 0 Å². The van der Waals surface area contributed by atoms with Crippen LogP contribution in [0.4, 0.5) is 10.5 Å². The lowest BCUT2D eigenvalue weighted by Gasteiger charge is -2.50. The summed E-state index contributed by atoms with van der Waals surface area (Å²) >= 11 is 1.84. The summed E-state index contributed by atoms with van der Waals surface area (Å²) in [6.07, 6.45) is -20.8. The molecule has 0 spiro atoms. The molecule has 0 saturated carbocycles. The molecule has 29 heteroatoms. The lowest BCUT2D eigenvalue weighted by molar-refractivity contribution is -0.381. The SMILES string of the molecule is CC(=O)N[C@H]1[C@H](Oc2ccc(NC(=O)CCCCCNC(=O)CCCC[C@@H]3SC[C@@H]4NC(=O)N[C@@H]43)cc2)O[C@H](CO)[C@@H](O[C@@H]2O[C@H](CO)[C@H](O)[C@H](O[C@]3(C(=O)O)C[C@H](O)[C@@H](NC(C)=O)[C@H]([C@H](O)[C@H](O)CO)O3)[C@H]2O)[C@@H]1O. The van der Waals surface area contributed by atoms with Gasteiger partial charge in [-0.2, -0.15) is 11.8 Å². The van der Waals surface area contributed by atoms with Crippen LogP contribution in [0.3, 0.4) is 0 Å². The topological polar surface area (TPSA) is 432 Å². The largest absolute Gasteiger partial charge is 0.477 e. The zero-order valence-electron chi connectivity index (χ0n) is 41.9. The average molecular weight is 1110 g/mol. The highest BCUT2D eigenvalue weighted by molar-refractivity contribution is 8.00. The number of hydrogen-bond acceptors (Lipinski definition) is 22. The van der Waals surface area contributed by atoms with Gasteiger partial charge < -0.3 is 111 Å². The third kappa shape index (κ3) is 15.4. The number of amides is 6. The second-order valence-corrected chi connectivity index (χ2v) is 20.7. The molecule has 0 radical (unpaired) electrons. The zero-order chi connectivity index (χ0) is 55.4. The number of nitrogens with one attached hydrogen (secondary N) is 6. The van der Waals surface area contributed by atoms with Crippen LogP contribution >= 0.6 is 11.8 Å². The monoisotopic (exact) mass is 1100 g/mol. The summed E-state index contributed by atoms with van der Waals surface area (Å²) in [4.78, 5) is 74.0. The lowest BCUT2D eigenvalue weighted by atomic mass is 9.88. The number of urea groups is 1. The smallest absolute Gasteiger partial charge is 0.364 e. The van der Waals surface area contributed by atoms with Crippen LogP contribution < -0.4 is 36.6 Å². The maximum Gasteiger partial charge on any atom is 0.364 e. The number of rotatable bonds is 26. The van der Waals surface area contributed by atoms with Crippen LogP contribution in [0.15, 0.2) is 24.3 Å². The number of aliphatic hydroxyl groups excluding tert-OH is 9. The van der Waals surface area contributed by atoms with Crippen molar-refractivity contribution in [3.8, 4) is 5.75 Å². The van der Waals surface area contributed by atoms with Crippen LogP contribution in [0.1, 0.15) is 71.6 Å². The Kier molecular flexibility index (Phi) is 22.2. The molecule has 6 rings (SSSR count). The first-order valence-corrected chi connectivity index (χ1v) is 26.3. The van der Waals surface area contributed by atoms with Crippen LogP contribution in [-0.4, -0.2) is 234 Å². The molecule has 0 bridgehead atoms. The van der Waals surface area contributed by atoms with Gasteiger partial charge in [-0.05, 0) is 49.9 Å². The second-order valence-electron chi connectivity index (χ2n) is 19.4. The molecule has 0 aromatic heterocycles. The molecule has 5 aliphatic rings. The molecule has 6 amide bonds. The van der Waals surface area contributed by atoms with Crippen molar-refractivity contribution in [1.82, 2.24) is 26.6 Å². The second kappa shape index (κ2) is 27.8. The Labute approximate surface area is 440 Å². The summed E-state index contributed by atoms with van der Waals surface area (Å²) in [5, 5.41) is 124. The van der Waals surface area contributed by atoms with Gasteiger partial charge in [0.25, 0.3) is 5.79 Å². The summed E-state index contributed by atoms with van der Waals surface area (Å²) in [5.41, 5.74) is 0.414. The van der Waals surface area contributed by atoms with E-state index in [9.17, 15) is 79.8 Å². The first-order valence-electron chi connectivity index (χ1n) is 25.2. The Morgan fingerprint density at radius 3 is 2.12 bits per heavy atom. The number of ether oxygens (including phenoxy) is 6. The van der Waals surface area contributed by atoms with E-state index in [2.05, 4.69) is 31.9 Å². The molecule has 1 aromatic rings. The number of carbonyl (C=O) groups excluding carboxylic acids is 5. The number of aliphatic carboxylic acids is 1. The van der Waals surface area contributed by atoms with E-state index in [1.807, 2.05) is 11.8 Å². The molecule has 5 saturated heterocycles. The van der Waals surface area contributed by atoms with Crippen molar-refractivity contribution >= 4 is 53.1 Å². The minimum absolute atomic E-state index is 0.0257. The van der Waals surface area contributed by atoms with Gasteiger partial charge in [0.05, 0.1) is 44.1 Å². The van der Waals surface area contributed by atoms with E-state index in [0.29, 0.717) is 43.2 Å². The molecule has 1 aromatic carbocycles. The van der Waals surface area contributed by atoms with E-state index in [-0.39, 0.29) is 42.1 Å². The molecule has 5 aliphatic heterocycles. The summed E-state index contributed by atoms with van der Waals surface area (Å²) in [7, 11) is 0. The van der Waals surface area contributed by atoms with Crippen LogP contribution in [0.2, 0.25) is 0 Å². The predicted octanol–water partition coefficient (Wildman–Crippen LogP) is -4.65. The molecule has 16 N–H and O–H groups in total. The minimum Gasteiger partial charge on any atom is -0.477 e. The number of fused-ring (bicyclic) bond motifs is 1.